The minimum atomic E-state index is -3.35. The Labute approximate surface area is 196 Å². The second-order valence-electron chi connectivity index (χ2n) is 8.33. The van der Waals surface area contributed by atoms with Gasteiger partial charge in [0.15, 0.2) is 0 Å². The Hall–Kier alpha value is -3.19. The SMILES string of the molecule is Cc1ccc(CCC(=O)C(C)c2ccc(NS(C)(=O)=O)c(C)c2)c(OCc2ccccc2)n1. The largest absolute Gasteiger partial charge is 0.473 e. The molecule has 3 aromatic rings. The van der Waals surface area contributed by atoms with Crippen LogP contribution in [0.5, 0.6) is 5.88 Å². The van der Waals surface area contributed by atoms with Gasteiger partial charge < -0.3 is 4.74 Å². The number of hydrogen-bond donors (Lipinski definition) is 1. The molecule has 0 radical (unpaired) electrons. The number of aryl methyl sites for hydroxylation is 3. The van der Waals surface area contributed by atoms with Crippen LogP contribution in [-0.4, -0.2) is 25.4 Å². The lowest BCUT2D eigenvalue weighted by atomic mass is 9.92. The monoisotopic (exact) mass is 466 g/mol. The smallest absolute Gasteiger partial charge is 0.229 e. The molecule has 0 aliphatic carbocycles. The number of carbonyl (C=O) groups excluding carboxylic acids is 1. The van der Waals surface area contributed by atoms with Gasteiger partial charge in [-0.2, -0.15) is 0 Å². The van der Waals surface area contributed by atoms with Crippen LogP contribution in [0.25, 0.3) is 0 Å². The second kappa shape index (κ2) is 10.6. The molecule has 0 saturated carbocycles. The lowest BCUT2D eigenvalue weighted by molar-refractivity contribution is -0.120. The molecule has 0 bridgehead atoms. The fourth-order valence-corrected chi connectivity index (χ4v) is 4.16. The van der Waals surface area contributed by atoms with Crippen molar-refractivity contribution in [2.24, 2.45) is 0 Å². The van der Waals surface area contributed by atoms with Gasteiger partial charge in [-0.15, -0.1) is 0 Å². The number of benzene rings is 2. The number of Topliss-reactive ketones (excluding diaryl/α,β-unsaturated/α-hetero) is 1. The number of ether oxygens (including phenoxy) is 1. The van der Waals surface area contributed by atoms with Crippen LogP contribution in [-0.2, 0) is 27.8 Å². The first-order chi connectivity index (χ1) is 15.6. The van der Waals surface area contributed by atoms with Crippen molar-refractivity contribution in [3.05, 3.63) is 88.6 Å². The first kappa shape index (κ1) is 24.5. The van der Waals surface area contributed by atoms with Gasteiger partial charge in [0.1, 0.15) is 12.4 Å². The van der Waals surface area contributed by atoms with Crippen LogP contribution < -0.4 is 9.46 Å². The van der Waals surface area contributed by atoms with Gasteiger partial charge in [0, 0.05) is 23.6 Å². The highest BCUT2D eigenvalue weighted by atomic mass is 32.2. The van der Waals surface area contributed by atoms with Crippen LogP contribution in [0.2, 0.25) is 0 Å². The fraction of sp³-hybridized carbons (Fsp3) is 0.308. The minimum Gasteiger partial charge on any atom is -0.473 e. The summed E-state index contributed by atoms with van der Waals surface area (Å²) in [6, 6.07) is 19.1. The zero-order valence-corrected chi connectivity index (χ0v) is 20.3. The maximum atomic E-state index is 12.9. The molecule has 0 saturated heterocycles. The molecule has 0 aliphatic rings. The standard InChI is InChI=1S/C26H30N2O4S/c1-18-16-23(12-14-24(18)28-33(4,30)31)20(3)25(29)15-13-22-11-10-19(2)27-26(22)32-17-21-8-6-5-7-9-21/h5-12,14,16,20,28H,13,15,17H2,1-4H3. The molecule has 0 spiro atoms. The quantitative estimate of drug-likeness (QED) is 0.457. The van der Waals surface area contributed by atoms with Crippen molar-refractivity contribution in [1.82, 2.24) is 4.98 Å². The van der Waals surface area contributed by atoms with E-state index in [-0.39, 0.29) is 11.7 Å². The van der Waals surface area contributed by atoms with Crippen LogP contribution in [0.1, 0.15) is 47.2 Å². The van der Waals surface area contributed by atoms with Gasteiger partial charge in [-0.25, -0.2) is 13.4 Å². The third-order valence-electron chi connectivity index (χ3n) is 5.47. The Balaban J connectivity index is 1.66. The van der Waals surface area contributed by atoms with Crippen molar-refractivity contribution < 1.29 is 17.9 Å². The number of aromatic nitrogens is 1. The Bertz CT molecular complexity index is 1220. The molecular formula is C26H30N2O4S. The van der Waals surface area contributed by atoms with Gasteiger partial charge in [-0.05, 0) is 49.1 Å². The maximum Gasteiger partial charge on any atom is 0.229 e. The summed E-state index contributed by atoms with van der Waals surface area (Å²) in [5.41, 5.74) is 4.98. The van der Waals surface area contributed by atoms with Crippen molar-refractivity contribution >= 4 is 21.5 Å². The van der Waals surface area contributed by atoms with E-state index < -0.39 is 10.0 Å². The Morgan fingerprint density at radius 2 is 1.79 bits per heavy atom. The van der Waals surface area contributed by atoms with Gasteiger partial charge in [-0.3, -0.25) is 9.52 Å². The molecule has 1 atom stereocenters. The predicted octanol–water partition coefficient (Wildman–Crippen LogP) is 4.95. The number of hydrogen-bond acceptors (Lipinski definition) is 5. The highest BCUT2D eigenvalue weighted by molar-refractivity contribution is 7.92. The summed E-state index contributed by atoms with van der Waals surface area (Å²) in [5.74, 6) is 0.363. The molecule has 6 nitrogen and oxygen atoms in total. The molecule has 1 aromatic heterocycles. The van der Waals surface area contributed by atoms with E-state index in [1.165, 1.54) is 0 Å². The molecule has 1 N–H and O–H groups in total. The summed E-state index contributed by atoms with van der Waals surface area (Å²) in [6.45, 7) is 6.03. The number of sulfonamides is 1. The van der Waals surface area contributed by atoms with Gasteiger partial charge in [0.25, 0.3) is 0 Å². The van der Waals surface area contributed by atoms with E-state index >= 15 is 0 Å². The topological polar surface area (TPSA) is 85.4 Å². The summed E-state index contributed by atoms with van der Waals surface area (Å²) < 4.78 is 31.5. The predicted molar refractivity (Wildman–Crippen MR) is 131 cm³/mol. The molecule has 0 fully saturated rings. The number of ketones is 1. The molecule has 3 rings (SSSR count). The Kier molecular flexibility index (Phi) is 7.87. The first-order valence-electron chi connectivity index (χ1n) is 10.9. The third-order valence-corrected chi connectivity index (χ3v) is 6.06. The number of pyridine rings is 1. The number of anilines is 1. The summed E-state index contributed by atoms with van der Waals surface area (Å²) in [4.78, 5) is 17.5. The highest BCUT2D eigenvalue weighted by Crippen LogP contribution is 2.26. The normalized spacial score (nSPS) is 12.2. The van der Waals surface area contributed by atoms with Crippen LogP contribution in [0.4, 0.5) is 5.69 Å². The first-order valence-corrected chi connectivity index (χ1v) is 12.8. The van der Waals surface area contributed by atoms with E-state index in [0.29, 0.717) is 31.0 Å². The van der Waals surface area contributed by atoms with E-state index in [9.17, 15) is 13.2 Å². The van der Waals surface area contributed by atoms with E-state index in [0.717, 1.165) is 34.2 Å². The van der Waals surface area contributed by atoms with Crippen LogP contribution >= 0.6 is 0 Å². The van der Waals surface area contributed by atoms with Gasteiger partial charge in [0.05, 0.1) is 11.9 Å². The van der Waals surface area contributed by atoms with Crippen molar-refractivity contribution in [3.8, 4) is 5.88 Å². The van der Waals surface area contributed by atoms with Crippen molar-refractivity contribution in [2.75, 3.05) is 11.0 Å². The fourth-order valence-electron chi connectivity index (χ4n) is 3.53. The Morgan fingerprint density at radius 3 is 2.45 bits per heavy atom. The summed E-state index contributed by atoms with van der Waals surface area (Å²) in [5, 5.41) is 0. The zero-order valence-electron chi connectivity index (χ0n) is 19.5. The molecule has 33 heavy (non-hydrogen) atoms. The number of rotatable bonds is 10. The van der Waals surface area contributed by atoms with Crippen molar-refractivity contribution in [3.63, 3.8) is 0 Å². The Morgan fingerprint density at radius 1 is 1.06 bits per heavy atom. The summed E-state index contributed by atoms with van der Waals surface area (Å²) in [7, 11) is -3.35. The van der Waals surface area contributed by atoms with Gasteiger partial charge >= 0.3 is 0 Å². The molecule has 0 aliphatic heterocycles. The van der Waals surface area contributed by atoms with Gasteiger partial charge in [0.2, 0.25) is 15.9 Å². The van der Waals surface area contributed by atoms with E-state index in [2.05, 4.69) is 9.71 Å². The molecule has 2 aromatic carbocycles. The van der Waals surface area contributed by atoms with Crippen molar-refractivity contribution in [1.29, 1.82) is 0 Å². The summed E-state index contributed by atoms with van der Waals surface area (Å²) >= 11 is 0. The van der Waals surface area contributed by atoms with Crippen molar-refractivity contribution in [2.45, 2.75) is 46.1 Å². The summed E-state index contributed by atoms with van der Waals surface area (Å²) in [6.07, 6.45) is 2.01. The van der Waals surface area contributed by atoms with E-state index in [1.54, 1.807) is 12.1 Å². The highest BCUT2D eigenvalue weighted by Gasteiger charge is 2.18. The molecular weight excluding hydrogens is 436 g/mol. The molecule has 0 amide bonds. The minimum absolute atomic E-state index is 0.104. The average molecular weight is 467 g/mol. The number of carbonyl (C=O) groups is 1. The maximum absolute atomic E-state index is 12.9. The average Bonchev–Trinajstić information content (AvgIpc) is 2.77. The van der Waals surface area contributed by atoms with Crippen LogP contribution in [0, 0.1) is 13.8 Å². The second-order valence-corrected chi connectivity index (χ2v) is 10.1. The molecule has 174 valence electrons. The number of nitrogens with one attached hydrogen (secondary N) is 1. The molecule has 7 heteroatoms. The number of nitrogens with zero attached hydrogens (tertiary/aromatic N) is 1. The lowest BCUT2D eigenvalue weighted by Gasteiger charge is -2.15. The molecule has 1 heterocycles. The van der Waals surface area contributed by atoms with Crippen LogP contribution in [0.15, 0.2) is 60.7 Å². The van der Waals surface area contributed by atoms with E-state index in [4.69, 9.17) is 4.74 Å². The third kappa shape index (κ3) is 7.15. The van der Waals surface area contributed by atoms with Crippen LogP contribution in [0.3, 0.4) is 0 Å². The van der Waals surface area contributed by atoms with Gasteiger partial charge in [-0.1, -0.05) is 55.5 Å². The van der Waals surface area contributed by atoms with E-state index in [1.807, 2.05) is 69.3 Å². The molecule has 1 unspecified atom stereocenters. The zero-order chi connectivity index (χ0) is 24.0. The lowest BCUT2D eigenvalue weighted by Crippen LogP contribution is -2.13.